The van der Waals surface area contributed by atoms with Gasteiger partial charge in [0.05, 0.1) is 18.4 Å². The zero-order valence-electron chi connectivity index (χ0n) is 13.5. The van der Waals surface area contributed by atoms with Gasteiger partial charge >= 0.3 is 0 Å². The van der Waals surface area contributed by atoms with Crippen molar-refractivity contribution in [2.24, 2.45) is 0 Å². The average molecular weight is 336 g/mol. The van der Waals surface area contributed by atoms with Crippen LogP contribution in [-0.4, -0.2) is 61.2 Å². The topological polar surface area (TPSA) is 41.7 Å². The molecule has 0 spiro atoms. The smallest absolute Gasteiger partial charge is 0.226 e. The number of rotatable bonds is 5. The Morgan fingerprint density at radius 1 is 1.39 bits per heavy atom. The lowest BCUT2D eigenvalue weighted by Crippen LogP contribution is -2.46. The fraction of sp³-hybridized carbons (Fsp3) is 0.471. The van der Waals surface area contributed by atoms with Crippen molar-refractivity contribution in [2.45, 2.75) is 12.6 Å². The fourth-order valence-corrected chi connectivity index (χ4v) is 2.99. The molecule has 0 radical (unpaired) electrons. The lowest BCUT2D eigenvalue weighted by molar-refractivity contribution is -0.0410. The summed E-state index contributed by atoms with van der Waals surface area (Å²) in [6, 6.07) is 7.55. The van der Waals surface area contributed by atoms with Crippen molar-refractivity contribution >= 4 is 11.6 Å². The molecule has 1 aliphatic heterocycles. The molecule has 2 aromatic rings. The molecule has 0 saturated carbocycles. The van der Waals surface area contributed by atoms with Gasteiger partial charge in [0.1, 0.15) is 6.26 Å². The van der Waals surface area contributed by atoms with Crippen LogP contribution in [0.2, 0.25) is 5.02 Å². The molecule has 6 heteroatoms. The summed E-state index contributed by atoms with van der Waals surface area (Å²) in [7, 11) is 4.13. The fourth-order valence-electron chi connectivity index (χ4n) is 2.80. The minimum atomic E-state index is 0.248. The van der Waals surface area contributed by atoms with Gasteiger partial charge in [0.25, 0.3) is 0 Å². The normalized spacial score (nSPS) is 19.4. The second-order valence-electron chi connectivity index (χ2n) is 6.14. The maximum absolute atomic E-state index is 6.02. The van der Waals surface area contributed by atoms with Gasteiger partial charge in [-0.15, -0.1) is 0 Å². The predicted octanol–water partition coefficient (Wildman–Crippen LogP) is 2.76. The van der Waals surface area contributed by atoms with Crippen LogP contribution in [0, 0.1) is 0 Å². The summed E-state index contributed by atoms with van der Waals surface area (Å²) in [4.78, 5) is 9.10. The van der Waals surface area contributed by atoms with Gasteiger partial charge in [0.15, 0.2) is 0 Å². The third kappa shape index (κ3) is 4.54. The van der Waals surface area contributed by atoms with Crippen molar-refractivity contribution in [3.05, 3.63) is 41.2 Å². The molecular formula is C17H22ClN3O2. The van der Waals surface area contributed by atoms with Gasteiger partial charge in [-0.1, -0.05) is 17.7 Å². The Morgan fingerprint density at radius 3 is 3.04 bits per heavy atom. The van der Waals surface area contributed by atoms with E-state index in [-0.39, 0.29) is 6.10 Å². The Hall–Kier alpha value is -1.40. The number of likely N-dealkylation sites (N-methyl/N-ethyl adjacent to an activating group) is 1. The van der Waals surface area contributed by atoms with Crippen molar-refractivity contribution < 1.29 is 9.15 Å². The zero-order valence-corrected chi connectivity index (χ0v) is 14.3. The molecule has 0 N–H and O–H groups in total. The summed E-state index contributed by atoms with van der Waals surface area (Å²) in [5, 5.41) is 0.682. The van der Waals surface area contributed by atoms with E-state index >= 15 is 0 Å². The molecule has 0 amide bonds. The van der Waals surface area contributed by atoms with Crippen LogP contribution in [0.15, 0.2) is 34.9 Å². The molecule has 2 heterocycles. The van der Waals surface area contributed by atoms with Crippen molar-refractivity contribution in [1.29, 1.82) is 0 Å². The maximum Gasteiger partial charge on any atom is 0.226 e. The number of aromatic nitrogens is 1. The first kappa shape index (κ1) is 16.5. The van der Waals surface area contributed by atoms with Gasteiger partial charge in [0, 0.05) is 36.8 Å². The van der Waals surface area contributed by atoms with Gasteiger partial charge in [-0.3, -0.25) is 4.90 Å². The van der Waals surface area contributed by atoms with Gasteiger partial charge in [-0.2, -0.15) is 0 Å². The molecule has 1 unspecified atom stereocenters. The summed E-state index contributed by atoms with van der Waals surface area (Å²) in [6.45, 7) is 4.30. The predicted molar refractivity (Wildman–Crippen MR) is 90.5 cm³/mol. The Labute approximate surface area is 141 Å². The number of nitrogens with zero attached hydrogens (tertiary/aromatic N) is 3. The first-order chi connectivity index (χ1) is 11.1. The Morgan fingerprint density at radius 2 is 2.26 bits per heavy atom. The van der Waals surface area contributed by atoms with Crippen molar-refractivity contribution in [3.63, 3.8) is 0 Å². The highest BCUT2D eigenvalue weighted by Gasteiger charge is 2.22. The molecule has 0 aliphatic carbocycles. The molecular weight excluding hydrogens is 314 g/mol. The molecule has 1 atom stereocenters. The van der Waals surface area contributed by atoms with Crippen LogP contribution in [-0.2, 0) is 11.3 Å². The molecule has 1 aromatic carbocycles. The second kappa shape index (κ2) is 7.45. The number of halogens is 1. The minimum Gasteiger partial charge on any atom is -0.444 e. The maximum atomic E-state index is 6.02. The first-order valence-corrected chi connectivity index (χ1v) is 8.17. The van der Waals surface area contributed by atoms with Gasteiger partial charge in [-0.05, 0) is 32.3 Å². The molecule has 3 rings (SSSR count). The van der Waals surface area contributed by atoms with E-state index in [1.54, 1.807) is 6.26 Å². The first-order valence-electron chi connectivity index (χ1n) is 7.79. The monoisotopic (exact) mass is 335 g/mol. The molecule has 1 aliphatic rings. The van der Waals surface area contributed by atoms with Crippen LogP contribution in [0.1, 0.15) is 5.69 Å². The molecule has 0 bridgehead atoms. The van der Waals surface area contributed by atoms with E-state index in [1.807, 2.05) is 24.3 Å². The van der Waals surface area contributed by atoms with E-state index in [1.165, 1.54) is 0 Å². The summed E-state index contributed by atoms with van der Waals surface area (Å²) in [6.07, 6.45) is 1.98. The molecule has 124 valence electrons. The van der Waals surface area contributed by atoms with E-state index in [4.69, 9.17) is 20.8 Å². The third-order valence-corrected chi connectivity index (χ3v) is 4.04. The van der Waals surface area contributed by atoms with E-state index in [0.29, 0.717) is 10.9 Å². The summed E-state index contributed by atoms with van der Waals surface area (Å²) < 4.78 is 11.4. The van der Waals surface area contributed by atoms with Crippen LogP contribution in [0.3, 0.4) is 0 Å². The van der Waals surface area contributed by atoms with Gasteiger partial charge in [0.2, 0.25) is 5.89 Å². The zero-order chi connectivity index (χ0) is 16.2. The van der Waals surface area contributed by atoms with E-state index < -0.39 is 0 Å². The van der Waals surface area contributed by atoms with Crippen molar-refractivity contribution in [1.82, 2.24) is 14.8 Å². The summed E-state index contributed by atoms with van der Waals surface area (Å²) >= 11 is 6.02. The van der Waals surface area contributed by atoms with Gasteiger partial charge in [-0.25, -0.2) is 4.98 Å². The van der Waals surface area contributed by atoms with Crippen molar-refractivity contribution in [3.8, 4) is 11.5 Å². The highest BCUT2D eigenvalue weighted by molar-refractivity contribution is 6.30. The van der Waals surface area contributed by atoms with Crippen LogP contribution >= 0.6 is 11.6 Å². The standard InChI is InChI=1S/C17H22ClN3O2/c1-20(2)10-16-11-21(6-7-22-16)9-15-12-23-17(19-15)13-4-3-5-14(18)8-13/h3-5,8,12,16H,6-7,9-11H2,1-2H3. The quantitative estimate of drug-likeness (QED) is 0.840. The second-order valence-corrected chi connectivity index (χ2v) is 6.58. The lowest BCUT2D eigenvalue weighted by Gasteiger charge is -2.33. The number of hydrogen-bond acceptors (Lipinski definition) is 5. The lowest BCUT2D eigenvalue weighted by atomic mass is 10.2. The number of benzene rings is 1. The number of morpholine rings is 1. The average Bonchev–Trinajstić information content (AvgIpc) is 2.95. The molecule has 23 heavy (non-hydrogen) atoms. The Bertz CT molecular complexity index is 644. The van der Waals surface area contributed by atoms with Crippen LogP contribution in [0.4, 0.5) is 0 Å². The van der Waals surface area contributed by atoms with Gasteiger partial charge < -0.3 is 14.1 Å². The van der Waals surface area contributed by atoms with E-state index in [2.05, 4.69) is 28.9 Å². The Balaban J connectivity index is 1.62. The van der Waals surface area contributed by atoms with E-state index in [9.17, 15) is 0 Å². The number of oxazole rings is 1. The molecule has 5 nitrogen and oxygen atoms in total. The van der Waals surface area contributed by atoms with Crippen molar-refractivity contribution in [2.75, 3.05) is 40.3 Å². The molecule has 1 saturated heterocycles. The summed E-state index contributed by atoms with van der Waals surface area (Å²) in [5.41, 5.74) is 1.83. The number of ether oxygens (including phenoxy) is 1. The minimum absolute atomic E-state index is 0.248. The van der Waals surface area contributed by atoms with E-state index in [0.717, 1.165) is 44.0 Å². The Kier molecular flexibility index (Phi) is 5.33. The molecule has 1 fully saturated rings. The summed E-state index contributed by atoms with van der Waals surface area (Å²) in [5.74, 6) is 0.612. The third-order valence-electron chi connectivity index (χ3n) is 3.80. The SMILES string of the molecule is CN(C)CC1CN(Cc2coc(-c3cccc(Cl)c3)n2)CCO1. The largest absolute Gasteiger partial charge is 0.444 e. The number of hydrogen-bond donors (Lipinski definition) is 0. The molecule has 1 aromatic heterocycles. The highest BCUT2D eigenvalue weighted by atomic mass is 35.5. The highest BCUT2D eigenvalue weighted by Crippen LogP contribution is 2.22. The van der Waals surface area contributed by atoms with Crippen LogP contribution in [0.25, 0.3) is 11.5 Å². The van der Waals surface area contributed by atoms with Crippen LogP contribution < -0.4 is 0 Å². The van der Waals surface area contributed by atoms with Crippen LogP contribution in [0.5, 0.6) is 0 Å².